The first kappa shape index (κ1) is 19.2. The third kappa shape index (κ3) is 3.75. The largest absolute Gasteiger partial charge is 0.507 e. The number of carboxylic acids is 1. The number of aliphatic hydroxyl groups is 1. The highest BCUT2D eigenvalue weighted by Gasteiger charge is 2.46. The molecule has 1 aliphatic rings. The van der Waals surface area contributed by atoms with Gasteiger partial charge in [0.05, 0.1) is 11.3 Å². The molecule has 0 radical (unpaired) electrons. The molecule has 7 nitrogen and oxygen atoms in total. The van der Waals surface area contributed by atoms with Gasteiger partial charge in [-0.3, -0.25) is 19.4 Å². The topological polar surface area (TPSA) is 108 Å². The fourth-order valence-corrected chi connectivity index (χ4v) is 3.12. The zero-order valence-electron chi connectivity index (χ0n) is 14.7. The van der Waals surface area contributed by atoms with Crippen molar-refractivity contribution >= 4 is 23.4 Å². The molecule has 0 unspecified atom stereocenters. The van der Waals surface area contributed by atoms with Crippen LogP contribution in [-0.2, 0) is 14.4 Å². The number of amides is 1. The second kappa shape index (κ2) is 7.99. The van der Waals surface area contributed by atoms with Crippen molar-refractivity contribution in [1.29, 1.82) is 0 Å². The van der Waals surface area contributed by atoms with E-state index in [0.29, 0.717) is 5.69 Å². The second-order valence-electron chi connectivity index (χ2n) is 6.25. The summed E-state index contributed by atoms with van der Waals surface area (Å²) in [7, 11) is 0. The van der Waals surface area contributed by atoms with Crippen LogP contribution >= 0.6 is 0 Å². The summed E-state index contributed by atoms with van der Waals surface area (Å²) < 4.78 is 13.2. The SMILES string of the molecule is O=C(O)CCCN1C(=O)C(=O)/C(=C(/O)c2ccc(F)cc2)[C@@H]1c1ccccn1. The van der Waals surface area contributed by atoms with Gasteiger partial charge in [-0.05, 0) is 42.8 Å². The van der Waals surface area contributed by atoms with Crippen molar-refractivity contribution in [3.63, 3.8) is 0 Å². The summed E-state index contributed by atoms with van der Waals surface area (Å²) in [6, 6.07) is 8.87. The van der Waals surface area contributed by atoms with Crippen LogP contribution in [0.2, 0.25) is 0 Å². The van der Waals surface area contributed by atoms with Crippen LogP contribution in [0.1, 0.15) is 30.1 Å². The number of rotatable bonds is 6. The number of aromatic nitrogens is 1. The molecule has 1 amide bonds. The van der Waals surface area contributed by atoms with E-state index in [9.17, 15) is 23.9 Å². The van der Waals surface area contributed by atoms with Gasteiger partial charge in [-0.15, -0.1) is 0 Å². The Balaban J connectivity index is 2.07. The highest BCUT2D eigenvalue weighted by atomic mass is 19.1. The Morgan fingerprint density at radius 3 is 2.43 bits per heavy atom. The molecule has 1 saturated heterocycles. The number of hydrogen-bond donors (Lipinski definition) is 2. The number of ketones is 1. The fourth-order valence-electron chi connectivity index (χ4n) is 3.12. The fraction of sp³-hybridized carbons (Fsp3) is 0.200. The Kier molecular flexibility index (Phi) is 5.49. The van der Waals surface area contributed by atoms with Gasteiger partial charge in [-0.2, -0.15) is 0 Å². The molecule has 0 saturated carbocycles. The van der Waals surface area contributed by atoms with Crippen molar-refractivity contribution in [3.8, 4) is 0 Å². The molecule has 2 aromatic rings. The standard InChI is InChI=1S/C20H17FN2O5/c21-13-8-6-12(7-9-13)18(26)16-17(14-4-1-2-10-22-14)23(20(28)19(16)27)11-3-5-15(24)25/h1-2,4,6-10,17,26H,3,5,11H2,(H,24,25)/b18-16+/t17-/m0/s1. The van der Waals surface area contributed by atoms with Gasteiger partial charge >= 0.3 is 5.97 Å². The van der Waals surface area contributed by atoms with Crippen molar-refractivity contribution in [2.24, 2.45) is 0 Å². The Morgan fingerprint density at radius 1 is 1.11 bits per heavy atom. The van der Waals surface area contributed by atoms with E-state index < -0.39 is 35.3 Å². The number of carbonyl (C=O) groups excluding carboxylic acids is 2. The first-order valence-electron chi connectivity index (χ1n) is 8.57. The molecular formula is C20H17FN2O5. The molecule has 1 aliphatic heterocycles. The quantitative estimate of drug-likeness (QED) is 0.450. The van der Waals surface area contributed by atoms with Crippen molar-refractivity contribution in [3.05, 3.63) is 71.3 Å². The summed E-state index contributed by atoms with van der Waals surface area (Å²) in [5, 5.41) is 19.5. The minimum atomic E-state index is -1.02. The van der Waals surface area contributed by atoms with Crippen LogP contribution in [0.15, 0.2) is 54.2 Å². The van der Waals surface area contributed by atoms with Crippen LogP contribution in [0.25, 0.3) is 5.76 Å². The number of hydrogen-bond acceptors (Lipinski definition) is 5. The Bertz CT molecular complexity index is 941. The number of benzene rings is 1. The molecule has 8 heteroatoms. The average molecular weight is 384 g/mol. The molecule has 1 aromatic carbocycles. The molecule has 0 bridgehead atoms. The molecule has 28 heavy (non-hydrogen) atoms. The predicted molar refractivity (Wildman–Crippen MR) is 96.5 cm³/mol. The zero-order valence-corrected chi connectivity index (χ0v) is 14.7. The van der Waals surface area contributed by atoms with Crippen LogP contribution in [0.3, 0.4) is 0 Å². The number of likely N-dealkylation sites (tertiary alicyclic amines) is 1. The number of nitrogens with zero attached hydrogens (tertiary/aromatic N) is 2. The van der Waals surface area contributed by atoms with Gasteiger partial charge in [0.2, 0.25) is 0 Å². The van der Waals surface area contributed by atoms with Crippen molar-refractivity contribution in [2.75, 3.05) is 6.54 Å². The van der Waals surface area contributed by atoms with Crippen molar-refractivity contribution < 1.29 is 29.0 Å². The lowest BCUT2D eigenvalue weighted by atomic mass is 9.98. The summed E-state index contributed by atoms with van der Waals surface area (Å²) in [6.45, 7) is 0.0122. The maximum absolute atomic E-state index is 13.2. The molecule has 0 aliphatic carbocycles. The lowest BCUT2D eigenvalue weighted by molar-refractivity contribution is -0.140. The Morgan fingerprint density at radius 2 is 1.82 bits per heavy atom. The third-order valence-electron chi connectivity index (χ3n) is 4.42. The number of halogens is 1. The summed E-state index contributed by atoms with van der Waals surface area (Å²) in [6.07, 6.45) is 1.46. The number of aliphatic hydroxyl groups excluding tert-OH is 1. The average Bonchev–Trinajstić information content (AvgIpc) is 2.93. The van der Waals surface area contributed by atoms with E-state index in [1.807, 2.05) is 0 Å². The monoisotopic (exact) mass is 384 g/mol. The second-order valence-corrected chi connectivity index (χ2v) is 6.25. The van der Waals surface area contributed by atoms with E-state index in [1.165, 1.54) is 23.2 Å². The van der Waals surface area contributed by atoms with E-state index >= 15 is 0 Å². The van der Waals surface area contributed by atoms with Gasteiger partial charge in [0.1, 0.15) is 17.6 Å². The summed E-state index contributed by atoms with van der Waals surface area (Å²) in [5.41, 5.74) is 0.386. The highest BCUT2D eigenvalue weighted by Crippen LogP contribution is 2.38. The highest BCUT2D eigenvalue weighted by molar-refractivity contribution is 6.46. The molecule has 1 fully saturated rings. The number of pyridine rings is 1. The molecular weight excluding hydrogens is 367 g/mol. The minimum Gasteiger partial charge on any atom is -0.507 e. The maximum atomic E-state index is 13.2. The lowest BCUT2D eigenvalue weighted by Gasteiger charge is -2.24. The van der Waals surface area contributed by atoms with Gasteiger partial charge in [-0.1, -0.05) is 6.07 Å². The van der Waals surface area contributed by atoms with Crippen molar-refractivity contribution in [2.45, 2.75) is 18.9 Å². The first-order valence-corrected chi connectivity index (χ1v) is 8.57. The molecule has 2 heterocycles. The molecule has 1 atom stereocenters. The molecule has 0 spiro atoms. The van der Waals surface area contributed by atoms with Gasteiger partial charge < -0.3 is 15.1 Å². The van der Waals surface area contributed by atoms with Crippen LogP contribution in [0.5, 0.6) is 0 Å². The van der Waals surface area contributed by atoms with E-state index in [1.54, 1.807) is 18.2 Å². The molecule has 2 N–H and O–H groups in total. The zero-order chi connectivity index (χ0) is 20.3. The summed E-state index contributed by atoms with van der Waals surface area (Å²) in [4.78, 5) is 41.4. The summed E-state index contributed by atoms with van der Waals surface area (Å²) >= 11 is 0. The predicted octanol–water partition coefficient (Wildman–Crippen LogP) is 2.51. The number of aliphatic carboxylic acids is 1. The molecule has 3 rings (SSSR count). The molecule has 1 aromatic heterocycles. The maximum Gasteiger partial charge on any atom is 0.303 e. The molecule has 144 valence electrons. The van der Waals surface area contributed by atoms with Gasteiger partial charge in [0.15, 0.2) is 0 Å². The van der Waals surface area contributed by atoms with Gasteiger partial charge in [0, 0.05) is 24.7 Å². The van der Waals surface area contributed by atoms with E-state index in [0.717, 1.165) is 12.1 Å². The van der Waals surface area contributed by atoms with Gasteiger partial charge in [-0.25, -0.2) is 4.39 Å². The van der Waals surface area contributed by atoms with E-state index in [2.05, 4.69) is 4.98 Å². The minimum absolute atomic E-state index is 0.0122. The number of Topliss-reactive ketones (excluding diaryl/α,β-unsaturated/α-hetero) is 1. The Labute approximate surface area is 159 Å². The van der Waals surface area contributed by atoms with Crippen LogP contribution < -0.4 is 0 Å². The van der Waals surface area contributed by atoms with Crippen LogP contribution in [0, 0.1) is 5.82 Å². The van der Waals surface area contributed by atoms with Crippen LogP contribution in [-0.4, -0.2) is 44.3 Å². The first-order chi connectivity index (χ1) is 13.4. The smallest absolute Gasteiger partial charge is 0.303 e. The van der Waals surface area contributed by atoms with Gasteiger partial charge in [0.25, 0.3) is 11.7 Å². The normalized spacial score (nSPS) is 18.5. The van der Waals surface area contributed by atoms with E-state index in [-0.39, 0.29) is 30.5 Å². The van der Waals surface area contributed by atoms with Crippen LogP contribution in [0.4, 0.5) is 4.39 Å². The van der Waals surface area contributed by atoms with E-state index in [4.69, 9.17) is 5.11 Å². The number of carboxylic acid groups (broad SMARTS) is 1. The summed E-state index contributed by atoms with van der Waals surface area (Å²) in [5.74, 6) is -3.70. The third-order valence-corrected chi connectivity index (χ3v) is 4.42. The van der Waals surface area contributed by atoms with Crippen molar-refractivity contribution in [1.82, 2.24) is 9.88 Å². The Hall–Kier alpha value is -3.55. The lowest BCUT2D eigenvalue weighted by Crippen LogP contribution is -2.31. The number of carbonyl (C=O) groups is 3.